The number of hydrogen-bond donors (Lipinski definition) is 1. The van der Waals surface area contributed by atoms with Crippen LogP contribution in [0.3, 0.4) is 0 Å². The monoisotopic (exact) mass is 284 g/mol. The summed E-state index contributed by atoms with van der Waals surface area (Å²) < 4.78 is 5.34. The number of nitrogens with zero attached hydrogens (tertiary/aromatic N) is 2. The molecule has 0 unspecified atom stereocenters. The maximum atomic E-state index is 10.7. The van der Waals surface area contributed by atoms with Gasteiger partial charge in [0.1, 0.15) is 5.75 Å². The van der Waals surface area contributed by atoms with Gasteiger partial charge in [0.15, 0.2) is 5.15 Å². The molecule has 1 N–H and O–H groups in total. The van der Waals surface area contributed by atoms with Crippen LogP contribution >= 0.6 is 23.2 Å². The number of rotatable bonds is 3. The fourth-order valence-electron chi connectivity index (χ4n) is 1.20. The van der Waals surface area contributed by atoms with Gasteiger partial charge < -0.3 is 9.84 Å². The van der Waals surface area contributed by atoms with E-state index < -0.39 is 5.97 Å². The van der Waals surface area contributed by atoms with Crippen molar-refractivity contribution in [2.75, 3.05) is 0 Å². The first-order valence-electron chi connectivity index (χ1n) is 4.75. The van der Waals surface area contributed by atoms with Crippen LogP contribution in [0.25, 0.3) is 0 Å². The Bertz CT molecular complexity index is 605. The average molecular weight is 285 g/mol. The van der Waals surface area contributed by atoms with Crippen molar-refractivity contribution < 1.29 is 14.6 Å². The van der Waals surface area contributed by atoms with Gasteiger partial charge in [-0.25, -0.2) is 14.8 Å². The molecule has 0 saturated heterocycles. The van der Waals surface area contributed by atoms with Crippen molar-refractivity contribution in [2.45, 2.75) is 0 Å². The Kier molecular flexibility index (Phi) is 3.64. The Morgan fingerprint density at radius 3 is 2.56 bits per heavy atom. The first-order valence-corrected chi connectivity index (χ1v) is 5.50. The highest BCUT2D eigenvalue weighted by molar-refractivity contribution is 6.32. The van der Waals surface area contributed by atoms with Gasteiger partial charge in [-0.15, -0.1) is 0 Å². The van der Waals surface area contributed by atoms with E-state index in [1.165, 1.54) is 30.6 Å². The van der Waals surface area contributed by atoms with E-state index in [4.69, 9.17) is 33.0 Å². The van der Waals surface area contributed by atoms with Gasteiger partial charge in [-0.3, -0.25) is 0 Å². The molecule has 0 radical (unpaired) electrons. The molecule has 0 aliphatic carbocycles. The molecular formula is C11H6Cl2N2O3. The largest absolute Gasteiger partial charge is 0.478 e. The second-order valence-electron chi connectivity index (χ2n) is 3.20. The minimum atomic E-state index is -1.07. The third-order valence-corrected chi connectivity index (χ3v) is 2.56. The minimum Gasteiger partial charge on any atom is -0.478 e. The predicted octanol–water partition coefficient (Wildman–Crippen LogP) is 3.27. The van der Waals surface area contributed by atoms with E-state index in [9.17, 15) is 4.79 Å². The number of aromatic carboxylic acids is 1. The van der Waals surface area contributed by atoms with E-state index in [0.29, 0.717) is 0 Å². The number of carbonyl (C=O) groups is 1. The van der Waals surface area contributed by atoms with Crippen LogP contribution in [-0.2, 0) is 0 Å². The van der Waals surface area contributed by atoms with Crippen LogP contribution in [0, 0.1) is 0 Å². The number of halogens is 2. The maximum absolute atomic E-state index is 10.7. The quantitative estimate of drug-likeness (QED) is 0.936. The SMILES string of the molecule is O=C(O)c1ccc(Oc2nccnc2Cl)c(Cl)c1. The molecule has 18 heavy (non-hydrogen) atoms. The van der Waals surface area contributed by atoms with Crippen LogP contribution < -0.4 is 4.74 Å². The van der Waals surface area contributed by atoms with Crippen LogP contribution in [-0.4, -0.2) is 21.0 Å². The number of hydrogen-bond acceptors (Lipinski definition) is 4. The summed E-state index contributed by atoms with van der Waals surface area (Å²) in [7, 11) is 0. The van der Waals surface area contributed by atoms with Crippen LogP contribution in [0.1, 0.15) is 10.4 Å². The predicted molar refractivity (Wildman–Crippen MR) is 65.5 cm³/mol. The molecule has 1 heterocycles. The highest BCUT2D eigenvalue weighted by Gasteiger charge is 2.11. The van der Waals surface area contributed by atoms with E-state index in [1.54, 1.807) is 0 Å². The summed E-state index contributed by atoms with van der Waals surface area (Å²) in [4.78, 5) is 18.4. The topological polar surface area (TPSA) is 72.3 Å². The van der Waals surface area contributed by atoms with Gasteiger partial charge in [0, 0.05) is 12.4 Å². The lowest BCUT2D eigenvalue weighted by molar-refractivity contribution is 0.0697. The third-order valence-electron chi connectivity index (χ3n) is 2.01. The standard InChI is InChI=1S/C11H6Cl2N2O3/c12-7-5-6(11(16)17)1-2-8(7)18-10-9(13)14-3-4-15-10/h1-5H,(H,16,17). The number of carboxylic acid groups (broad SMARTS) is 1. The number of carboxylic acids is 1. The molecular weight excluding hydrogens is 279 g/mol. The number of aromatic nitrogens is 2. The Labute approximate surface area is 112 Å². The summed E-state index contributed by atoms with van der Waals surface area (Å²) in [6.07, 6.45) is 2.84. The molecule has 0 amide bonds. The maximum Gasteiger partial charge on any atom is 0.335 e. The highest BCUT2D eigenvalue weighted by Crippen LogP contribution is 2.31. The van der Waals surface area contributed by atoms with Gasteiger partial charge in [-0.05, 0) is 18.2 Å². The first-order chi connectivity index (χ1) is 8.58. The summed E-state index contributed by atoms with van der Waals surface area (Å²) in [6.45, 7) is 0. The van der Waals surface area contributed by atoms with E-state index in [2.05, 4.69) is 9.97 Å². The minimum absolute atomic E-state index is 0.0672. The lowest BCUT2D eigenvalue weighted by atomic mass is 10.2. The van der Waals surface area contributed by atoms with Crippen LogP contribution in [0.2, 0.25) is 10.2 Å². The molecule has 0 atom stereocenters. The van der Waals surface area contributed by atoms with Crippen molar-refractivity contribution in [3.05, 3.63) is 46.3 Å². The van der Waals surface area contributed by atoms with E-state index >= 15 is 0 Å². The lowest BCUT2D eigenvalue weighted by Gasteiger charge is -2.07. The molecule has 1 aromatic heterocycles. The fraction of sp³-hybridized carbons (Fsp3) is 0. The summed E-state index contributed by atoms with van der Waals surface area (Å²) in [5.74, 6) is -0.714. The normalized spacial score (nSPS) is 10.1. The summed E-state index contributed by atoms with van der Waals surface area (Å²) in [6, 6.07) is 4.08. The molecule has 5 nitrogen and oxygen atoms in total. The van der Waals surface area contributed by atoms with Crippen molar-refractivity contribution in [2.24, 2.45) is 0 Å². The van der Waals surface area contributed by atoms with Gasteiger partial charge in [0.05, 0.1) is 10.6 Å². The van der Waals surface area contributed by atoms with Crippen molar-refractivity contribution in [1.29, 1.82) is 0 Å². The average Bonchev–Trinajstić information content (AvgIpc) is 2.34. The number of ether oxygens (including phenoxy) is 1. The van der Waals surface area contributed by atoms with Crippen molar-refractivity contribution >= 4 is 29.2 Å². The van der Waals surface area contributed by atoms with Gasteiger partial charge in [-0.2, -0.15) is 0 Å². The second kappa shape index (κ2) is 5.20. The van der Waals surface area contributed by atoms with Crippen molar-refractivity contribution in [1.82, 2.24) is 9.97 Å². The zero-order valence-electron chi connectivity index (χ0n) is 8.80. The molecule has 0 aliphatic rings. The molecule has 1 aromatic carbocycles. The molecule has 0 spiro atoms. The Morgan fingerprint density at radius 2 is 1.94 bits per heavy atom. The molecule has 0 aliphatic heterocycles. The Hall–Kier alpha value is -1.85. The van der Waals surface area contributed by atoms with Crippen LogP contribution in [0.5, 0.6) is 11.6 Å². The van der Waals surface area contributed by atoms with Crippen molar-refractivity contribution in [3.8, 4) is 11.6 Å². The molecule has 0 saturated carbocycles. The Morgan fingerprint density at radius 1 is 1.22 bits per heavy atom. The first kappa shape index (κ1) is 12.6. The molecule has 0 bridgehead atoms. The molecule has 2 aromatic rings. The summed E-state index contributed by atoms with van der Waals surface area (Å²) >= 11 is 11.7. The zero-order chi connectivity index (χ0) is 13.1. The molecule has 92 valence electrons. The van der Waals surface area contributed by atoms with Gasteiger partial charge >= 0.3 is 5.97 Å². The van der Waals surface area contributed by atoms with Gasteiger partial charge in [0.25, 0.3) is 5.88 Å². The number of benzene rings is 1. The zero-order valence-corrected chi connectivity index (χ0v) is 10.3. The molecule has 0 fully saturated rings. The highest BCUT2D eigenvalue weighted by atomic mass is 35.5. The second-order valence-corrected chi connectivity index (χ2v) is 3.97. The molecule has 2 rings (SSSR count). The van der Waals surface area contributed by atoms with Gasteiger partial charge in [0.2, 0.25) is 0 Å². The van der Waals surface area contributed by atoms with Crippen LogP contribution in [0.4, 0.5) is 0 Å². The van der Waals surface area contributed by atoms with Crippen molar-refractivity contribution in [3.63, 3.8) is 0 Å². The van der Waals surface area contributed by atoms with Gasteiger partial charge in [-0.1, -0.05) is 23.2 Å². The fourth-order valence-corrected chi connectivity index (χ4v) is 1.56. The summed E-state index contributed by atoms with van der Waals surface area (Å²) in [5.41, 5.74) is 0.0672. The van der Waals surface area contributed by atoms with E-state index in [1.807, 2.05) is 0 Å². The van der Waals surface area contributed by atoms with Crippen LogP contribution in [0.15, 0.2) is 30.6 Å². The third kappa shape index (κ3) is 2.69. The smallest absolute Gasteiger partial charge is 0.335 e. The van der Waals surface area contributed by atoms with E-state index in [-0.39, 0.29) is 27.4 Å². The van der Waals surface area contributed by atoms with E-state index in [0.717, 1.165) is 0 Å². The molecule has 7 heteroatoms. The summed E-state index contributed by atoms with van der Waals surface area (Å²) in [5, 5.41) is 9.03. The lowest BCUT2D eigenvalue weighted by Crippen LogP contribution is -1.97. The Balaban J connectivity index is 2.30.